The molecule has 0 aliphatic carbocycles. The Morgan fingerprint density at radius 2 is 1.80 bits per heavy atom. The minimum Gasteiger partial charge on any atom is -0.316 e. The molecule has 1 atom stereocenters. The molecule has 0 bridgehead atoms. The van der Waals surface area contributed by atoms with Crippen LogP contribution in [0.15, 0.2) is 30.3 Å². The quantitative estimate of drug-likeness (QED) is 0.850. The van der Waals surface area contributed by atoms with E-state index in [9.17, 15) is 8.78 Å². The Labute approximate surface area is 122 Å². The van der Waals surface area contributed by atoms with Gasteiger partial charge in [0.2, 0.25) is 0 Å². The molecule has 1 heterocycles. The van der Waals surface area contributed by atoms with Crippen molar-refractivity contribution < 1.29 is 8.78 Å². The van der Waals surface area contributed by atoms with E-state index in [1.54, 1.807) is 6.07 Å². The zero-order chi connectivity index (χ0) is 14.5. The number of hydrogen-bond donors (Lipinski definition) is 1. The van der Waals surface area contributed by atoms with E-state index in [0.717, 1.165) is 18.4 Å². The molecule has 20 heavy (non-hydrogen) atoms. The first-order chi connectivity index (χ1) is 9.62. The first-order valence-corrected chi connectivity index (χ1v) is 7.62. The van der Waals surface area contributed by atoms with Gasteiger partial charge in [-0.05, 0) is 56.1 Å². The minimum atomic E-state index is -0.791. The van der Waals surface area contributed by atoms with Gasteiger partial charge in [0, 0.05) is 15.8 Å². The Morgan fingerprint density at radius 3 is 2.40 bits per heavy atom. The van der Waals surface area contributed by atoms with Crippen molar-refractivity contribution in [3.63, 3.8) is 0 Å². The number of hydrogen-bond acceptors (Lipinski definition) is 2. The number of nitrogens with one attached hydrogen (secondary N) is 1. The number of likely N-dealkylation sites (N-methyl/N-ethyl adjacent to an activating group) is 1. The van der Waals surface area contributed by atoms with Gasteiger partial charge in [0.15, 0.2) is 11.6 Å². The minimum absolute atomic E-state index is 0.225. The van der Waals surface area contributed by atoms with Gasteiger partial charge in [-0.3, -0.25) is 0 Å². The summed E-state index contributed by atoms with van der Waals surface area (Å²) in [5.41, 5.74) is 0.815. The monoisotopic (exact) mass is 295 g/mol. The first kappa shape index (κ1) is 15.1. The second-order valence-corrected chi connectivity index (χ2v) is 6.12. The van der Waals surface area contributed by atoms with Crippen LogP contribution in [0.4, 0.5) is 8.78 Å². The van der Waals surface area contributed by atoms with Crippen molar-refractivity contribution in [2.45, 2.75) is 32.2 Å². The number of halogens is 2. The van der Waals surface area contributed by atoms with Crippen molar-refractivity contribution in [1.82, 2.24) is 5.32 Å². The van der Waals surface area contributed by atoms with E-state index in [1.807, 2.05) is 18.4 Å². The lowest BCUT2D eigenvalue weighted by molar-refractivity contribution is 0.503. The average molecular weight is 295 g/mol. The molecule has 0 spiro atoms. The van der Waals surface area contributed by atoms with Crippen molar-refractivity contribution in [3.05, 3.63) is 57.3 Å². The molecule has 1 unspecified atom stereocenters. The fourth-order valence-corrected chi connectivity index (χ4v) is 3.23. The second-order valence-electron chi connectivity index (χ2n) is 4.86. The summed E-state index contributed by atoms with van der Waals surface area (Å²) in [4.78, 5) is 2.70. The summed E-state index contributed by atoms with van der Waals surface area (Å²) in [6.07, 6.45) is 2.64. The summed E-state index contributed by atoms with van der Waals surface area (Å²) < 4.78 is 26.1. The van der Waals surface area contributed by atoms with E-state index in [4.69, 9.17) is 0 Å². The normalized spacial score (nSPS) is 12.6. The molecular formula is C16H19F2NS. The predicted molar refractivity (Wildman–Crippen MR) is 80.3 cm³/mol. The van der Waals surface area contributed by atoms with Crippen molar-refractivity contribution in [1.29, 1.82) is 0 Å². The number of rotatable bonds is 6. The Hall–Kier alpha value is -1.26. The highest BCUT2D eigenvalue weighted by Gasteiger charge is 2.11. The van der Waals surface area contributed by atoms with Crippen LogP contribution >= 0.6 is 11.3 Å². The topological polar surface area (TPSA) is 12.0 Å². The summed E-state index contributed by atoms with van der Waals surface area (Å²) in [6.45, 7) is 2.15. The van der Waals surface area contributed by atoms with Crippen LogP contribution in [0.3, 0.4) is 0 Å². The van der Waals surface area contributed by atoms with E-state index in [-0.39, 0.29) is 6.04 Å². The van der Waals surface area contributed by atoms with Gasteiger partial charge in [-0.2, -0.15) is 0 Å². The lowest BCUT2D eigenvalue weighted by atomic mass is 10.0. The van der Waals surface area contributed by atoms with E-state index in [0.29, 0.717) is 6.42 Å². The van der Waals surface area contributed by atoms with Crippen LogP contribution in [0.25, 0.3) is 0 Å². The van der Waals surface area contributed by atoms with Crippen LogP contribution in [0, 0.1) is 11.6 Å². The van der Waals surface area contributed by atoms with E-state index in [2.05, 4.69) is 24.4 Å². The summed E-state index contributed by atoms with van der Waals surface area (Å²) in [7, 11) is 1.90. The van der Waals surface area contributed by atoms with Crippen molar-refractivity contribution >= 4 is 11.3 Å². The van der Waals surface area contributed by atoms with Crippen LogP contribution in [-0.4, -0.2) is 13.1 Å². The van der Waals surface area contributed by atoms with Gasteiger partial charge in [0.05, 0.1) is 0 Å². The van der Waals surface area contributed by atoms with Crippen LogP contribution in [-0.2, 0) is 19.3 Å². The molecule has 2 aromatic rings. The molecular weight excluding hydrogens is 276 g/mol. The van der Waals surface area contributed by atoms with Gasteiger partial charge in [-0.1, -0.05) is 13.0 Å². The lowest BCUT2D eigenvalue weighted by Gasteiger charge is -2.15. The van der Waals surface area contributed by atoms with Gasteiger partial charge in [0.25, 0.3) is 0 Å². The summed E-state index contributed by atoms with van der Waals surface area (Å²) in [6, 6.07) is 8.66. The maximum absolute atomic E-state index is 13.2. The molecule has 0 saturated heterocycles. The molecule has 2 rings (SSSR count). The average Bonchev–Trinajstić information content (AvgIpc) is 2.90. The molecule has 1 nitrogen and oxygen atoms in total. The van der Waals surface area contributed by atoms with Crippen LogP contribution in [0.5, 0.6) is 0 Å². The molecule has 0 radical (unpaired) electrons. The number of thiophene rings is 1. The van der Waals surface area contributed by atoms with Crippen LogP contribution in [0.2, 0.25) is 0 Å². The predicted octanol–water partition coefficient (Wildman–Crippen LogP) is 3.96. The molecule has 1 aromatic carbocycles. The lowest BCUT2D eigenvalue weighted by Crippen LogP contribution is -2.29. The molecule has 0 amide bonds. The van der Waals surface area contributed by atoms with Gasteiger partial charge in [-0.25, -0.2) is 8.78 Å². The SMILES string of the molecule is CCc1ccc(CC(Cc2ccc(F)c(F)c2)NC)s1. The number of benzene rings is 1. The Bertz CT molecular complexity index is 565. The van der Waals surface area contributed by atoms with Gasteiger partial charge >= 0.3 is 0 Å². The summed E-state index contributed by atoms with van der Waals surface area (Å²) in [5, 5.41) is 3.25. The van der Waals surface area contributed by atoms with Gasteiger partial charge in [0.1, 0.15) is 0 Å². The molecule has 0 aliphatic rings. The van der Waals surface area contributed by atoms with Gasteiger partial charge in [-0.15, -0.1) is 11.3 Å². The highest BCUT2D eigenvalue weighted by atomic mass is 32.1. The maximum Gasteiger partial charge on any atom is 0.159 e. The molecule has 0 aliphatic heterocycles. The fraction of sp³-hybridized carbons (Fsp3) is 0.375. The zero-order valence-corrected chi connectivity index (χ0v) is 12.6. The maximum atomic E-state index is 13.2. The molecule has 1 N–H and O–H groups in total. The highest BCUT2D eigenvalue weighted by Crippen LogP contribution is 2.20. The van der Waals surface area contributed by atoms with Crippen molar-refractivity contribution in [2.75, 3.05) is 7.05 Å². The summed E-state index contributed by atoms with van der Waals surface area (Å²) >= 11 is 1.82. The third-order valence-electron chi connectivity index (χ3n) is 3.39. The van der Waals surface area contributed by atoms with Crippen molar-refractivity contribution in [2.24, 2.45) is 0 Å². The standard InChI is InChI=1S/C16H19F2NS/c1-3-13-5-6-14(20-13)10-12(19-2)8-11-4-7-15(17)16(18)9-11/h4-7,9,12,19H,3,8,10H2,1-2H3. The first-order valence-electron chi connectivity index (χ1n) is 6.81. The Kier molecular flexibility index (Phi) is 5.26. The van der Waals surface area contributed by atoms with Gasteiger partial charge < -0.3 is 5.32 Å². The Morgan fingerprint density at radius 1 is 1.05 bits per heavy atom. The van der Waals surface area contributed by atoms with E-state index < -0.39 is 11.6 Å². The second kappa shape index (κ2) is 6.95. The number of aryl methyl sites for hydroxylation is 1. The smallest absolute Gasteiger partial charge is 0.159 e. The molecule has 0 fully saturated rings. The third kappa shape index (κ3) is 3.87. The van der Waals surface area contributed by atoms with E-state index in [1.165, 1.54) is 21.9 Å². The fourth-order valence-electron chi connectivity index (χ4n) is 2.19. The summed E-state index contributed by atoms with van der Waals surface area (Å²) in [5.74, 6) is -1.57. The molecule has 108 valence electrons. The zero-order valence-electron chi connectivity index (χ0n) is 11.7. The van der Waals surface area contributed by atoms with Crippen LogP contribution in [0.1, 0.15) is 22.2 Å². The molecule has 0 saturated carbocycles. The van der Waals surface area contributed by atoms with E-state index >= 15 is 0 Å². The van der Waals surface area contributed by atoms with Crippen LogP contribution < -0.4 is 5.32 Å². The molecule has 1 aromatic heterocycles. The highest BCUT2D eigenvalue weighted by molar-refractivity contribution is 7.11. The van der Waals surface area contributed by atoms with Crippen molar-refractivity contribution in [3.8, 4) is 0 Å². The third-order valence-corrected chi connectivity index (χ3v) is 4.64. The Balaban J connectivity index is 2.02. The molecule has 4 heteroatoms. The largest absolute Gasteiger partial charge is 0.316 e.